The molecule has 0 unspecified atom stereocenters. The Balaban J connectivity index is 2.07. The molecule has 10 nitrogen and oxygen atoms in total. The highest BCUT2D eigenvalue weighted by molar-refractivity contribution is 7.92. The van der Waals surface area contributed by atoms with E-state index in [-0.39, 0.29) is 5.69 Å². The molecular formula is C17H18N4O6S. The number of carbonyl (C=O) groups excluding carboxylic acids is 1. The van der Waals surface area contributed by atoms with Crippen molar-refractivity contribution in [3.63, 3.8) is 0 Å². The minimum Gasteiger partial charge on any atom is -0.497 e. The first-order chi connectivity index (χ1) is 13.2. The van der Waals surface area contributed by atoms with Gasteiger partial charge in [-0.15, -0.1) is 0 Å². The lowest BCUT2D eigenvalue weighted by Gasteiger charge is -2.21. The number of benzene rings is 2. The normalized spacial score (nSPS) is 11.2. The Morgan fingerprint density at radius 2 is 1.96 bits per heavy atom. The number of nitrogens with zero attached hydrogens (tertiary/aromatic N) is 3. The Labute approximate surface area is 161 Å². The number of amides is 1. The van der Waals surface area contributed by atoms with Gasteiger partial charge in [0.1, 0.15) is 12.3 Å². The minimum atomic E-state index is -3.72. The molecule has 0 aliphatic rings. The third-order valence-electron chi connectivity index (χ3n) is 3.53. The lowest BCUT2D eigenvalue weighted by Crippen LogP contribution is -2.39. The molecule has 0 spiro atoms. The fourth-order valence-corrected chi connectivity index (χ4v) is 3.07. The van der Waals surface area contributed by atoms with Crippen LogP contribution in [-0.4, -0.2) is 45.4 Å². The third kappa shape index (κ3) is 5.77. The van der Waals surface area contributed by atoms with Crippen LogP contribution in [0.1, 0.15) is 5.56 Å². The van der Waals surface area contributed by atoms with Gasteiger partial charge in [0, 0.05) is 17.7 Å². The number of hydrogen-bond acceptors (Lipinski definition) is 7. The number of hydrazone groups is 1. The number of nitrogens with one attached hydrogen (secondary N) is 1. The van der Waals surface area contributed by atoms with Crippen molar-refractivity contribution in [3.8, 4) is 5.75 Å². The Bertz CT molecular complexity index is 989. The van der Waals surface area contributed by atoms with Crippen LogP contribution in [0.2, 0.25) is 0 Å². The molecular weight excluding hydrogens is 388 g/mol. The van der Waals surface area contributed by atoms with Gasteiger partial charge in [-0.3, -0.25) is 19.2 Å². The number of methoxy groups -OCH3 is 1. The van der Waals surface area contributed by atoms with E-state index in [9.17, 15) is 23.3 Å². The fourth-order valence-electron chi connectivity index (χ4n) is 2.21. The van der Waals surface area contributed by atoms with Gasteiger partial charge in [0.05, 0.1) is 30.2 Å². The third-order valence-corrected chi connectivity index (χ3v) is 4.67. The molecule has 2 rings (SSSR count). The molecule has 11 heteroatoms. The zero-order chi connectivity index (χ0) is 20.7. The van der Waals surface area contributed by atoms with Gasteiger partial charge in [-0.2, -0.15) is 5.10 Å². The second-order valence-electron chi connectivity index (χ2n) is 5.61. The second kappa shape index (κ2) is 8.95. The Morgan fingerprint density at radius 1 is 1.29 bits per heavy atom. The summed E-state index contributed by atoms with van der Waals surface area (Å²) in [4.78, 5) is 22.3. The summed E-state index contributed by atoms with van der Waals surface area (Å²) < 4.78 is 30.0. The smallest absolute Gasteiger partial charge is 0.270 e. The standard InChI is InChI=1S/C17H18N4O6S/c1-27-16-8-6-14(7-9-16)20(28(2,25)26)12-17(22)19-18-11-13-4-3-5-15(10-13)21(23)24/h3-11H,12H2,1-2H3,(H,19,22)/b18-11+. The molecule has 28 heavy (non-hydrogen) atoms. The zero-order valence-electron chi connectivity index (χ0n) is 15.1. The molecule has 0 bridgehead atoms. The molecule has 0 radical (unpaired) electrons. The fraction of sp³-hybridized carbons (Fsp3) is 0.176. The Kier molecular flexibility index (Phi) is 6.66. The summed E-state index contributed by atoms with van der Waals surface area (Å²) in [6.45, 7) is -0.489. The highest BCUT2D eigenvalue weighted by atomic mass is 32.2. The molecule has 0 fully saturated rings. The van der Waals surface area contributed by atoms with Gasteiger partial charge in [-0.25, -0.2) is 13.8 Å². The highest BCUT2D eigenvalue weighted by Crippen LogP contribution is 2.21. The van der Waals surface area contributed by atoms with Crippen molar-refractivity contribution in [3.05, 3.63) is 64.2 Å². The van der Waals surface area contributed by atoms with Crippen LogP contribution in [0.25, 0.3) is 0 Å². The number of carbonyl (C=O) groups is 1. The number of nitro benzene ring substituents is 1. The summed E-state index contributed by atoms with van der Waals surface area (Å²) in [6, 6.07) is 11.8. The summed E-state index contributed by atoms with van der Waals surface area (Å²) in [5.74, 6) is -0.133. The molecule has 148 valence electrons. The van der Waals surface area contributed by atoms with E-state index < -0.39 is 27.4 Å². The van der Waals surface area contributed by atoms with Gasteiger partial charge in [-0.05, 0) is 24.3 Å². The monoisotopic (exact) mass is 406 g/mol. The Hall–Kier alpha value is -3.47. The first-order valence-corrected chi connectivity index (χ1v) is 9.73. The average Bonchev–Trinajstić information content (AvgIpc) is 2.65. The number of nitro groups is 1. The van der Waals surface area contributed by atoms with Gasteiger partial charge in [0.15, 0.2) is 0 Å². The number of sulfonamides is 1. The van der Waals surface area contributed by atoms with E-state index >= 15 is 0 Å². The van der Waals surface area contributed by atoms with Gasteiger partial charge >= 0.3 is 0 Å². The van der Waals surface area contributed by atoms with Crippen LogP contribution >= 0.6 is 0 Å². The summed E-state index contributed by atoms with van der Waals surface area (Å²) in [6.07, 6.45) is 2.21. The van der Waals surface area contributed by atoms with Gasteiger partial charge in [-0.1, -0.05) is 12.1 Å². The van der Waals surface area contributed by atoms with Crippen molar-refractivity contribution in [2.24, 2.45) is 5.10 Å². The molecule has 0 atom stereocenters. The Morgan fingerprint density at radius 3 is 2.54 bits per heavy atom. The molecule has 2 aromatic carbocycles. The molecule has 0 aromatic heterocycles. The number of rotatable bonds is 8. The van der Waals surface area contributed by atoms with E-state index in [1.807, 2.05) is 0 Å². The van der Waals surface area contributed by atoms with Crippen LogP contribution in [-0.2, 0) is 14.8 Å². The van der Waals surface area contributed by atoms with Crippen molar-refractivity contribution >= 4 is 33.5 Å². The summed E-state index contributed by atoms with van der Waals surface area (Å²) >= 11 is 0. The van der Waals surface area contributed by atoms with Crippen LogP contribution in [0.4, 0.5) is 11.4 Å². The molecule has 1 N–H and O–H groups in total. The quantitative estimate of drug-likeness (QED) is 0.402. The molecule has 2 aromatic rings. The minimum absolute atomic E-state index is 0.113. The van der Waals surface area contributed by atoms with Gasteiger partial charge in [0.25, 0.3) is 11.6 Å². The molecule has 0 aliphatic heterocycles. The first kappa shape index (κ1) is 20.8. The zero-order valence-corrected chi connectivity index (χ0v) is 15.9. The molecule has 0 heterocycles. The van der Waals surface area contributed by atoms with Gasteiger partial charge in [0.2, 0.25) is 10.0 Å². The first-order valence-electron chi connectivity index (χ1n) is 7.89. The number of anilines is 1. The number of non-ortho nitro benzene ring substituents is 1. The summed E-state index contributed by atoms with van der Waals surface area (Å²) in [5.41, 5.74) is 2.79. The SMILES string of the molecule is COc1ccc(N(CC(=O)N/N=C/c2cccc([N+](=O)[O-])c2)S(C)(=O)=O)cc1. The van der Waals surface area contributed by atoms with E-state index in [2.05, 4.69) is 10.5 Å². The highest BCUT2D eigenvalue weighted by Gasteiger charge is 2.20. The maximum absolute atomic E-state index is 12.1. The van der Waals surface area contributed by atoms with E-state index in [0.29, 0.717) is 17.0 Å². The topological polar surface area (TPSA) is 131 Å². The molecule has 0 saturated heterocycles. The largest absolute Gasteiger partial charge is 0.497 e. The lowest BCUT2D eigenvalue weighted by molar-refractivity contribution is -0.384. The summed E-state index contributed by atoms with van der Waals surface area (Å²) in [5, 5.41) is 14.5. The predicted octanol–water partition coefficient (Wildman–Crippen LogP) is 1.52. The van der Waals surface area contributed by atoms with Crippen molar-refractivity contribution in [1.29, 1.82) is 0 Å². The lowest BCUT2D eigenvalue weighted by atomic mass is 10.2. The number of hydrogen-bond donors (Lipinski definition) is 1. The maximum Gasteiger partial charge on any atom is 0.270 e. The van der Waals surface area contributed by atoms with Crippen molar-refractivity contribution < 1.29 is 22.9 Å². The molecule has 0 aliphatic carbocycles. The molecule has 0 saturated carbocycles. The molecule has 1 amide bonds. The van der Waals surface area contributed by atoms with E-state index in [4.69, 9.17) is 4.74 Å². The van der Waals surface area contributed by atoms with Crippen LogP contribution in [0.5, 0.6) is 5.75 Å². The van der Waals surface area contributed by atoms with Crippen molar-refractivity contribution in [2.45, 2.75) is 0 Å². The van der Waals surface area contributed by atoms with E-state index in [0.717, 1.165) is 10.6 Å². The van der Waals surface area contributed by atoms with E-state index in [1.54, 1.807) is 18.2 Å². The van der Waals surface area contributed by atoms with Crippen LogP contribution in [0, 0.1) is 10.1 Å². The predicted molar refractivity (Wildman–Crippen MR) is 104 cm³/mol. The van der Waals surface area contributed by atoms with E-state index in [1.165, 1.54) is 43.7 Å². The van der Waals surface area contributed by atoms with Crippen LogP contribution in [0.15, 0.2) is 53.6 Å². The van der Waals surface area contributed by atoms with Crippen LogP contribution in [0.3, 0.4) is 0 Å². The van der Waals surface area contributed by atoms with Crippen molar-refractivity contribution in [2.75, 3.05) is 24.2 Å². The van der Waals surface area contributed by atoms with Crippen LogP contribution < -0.4 is 14.5 Å². The average molecular weight is 406 g/mol. The second-order valence-corrected chi connectivity index (χ2v) is 7.52. The number of ether oxygens (including phenoxy) is 1. The summed E-state index contributed by atoms with van der Waals surface area (Å²) in [7, 11) is -2.24. The van der Waals surface area contributed by atoms with Gasteiger partial charge < -0.3 is 4.74 Å². The maximum atomic E-state index is 12.1. The van der Waals surface area contributed by atoms with Crippen molar-refractivity contribution in [1.82, 2.24) is 5.43 Å².